The zero-order chi connectivity index (χ0) is 11.3. The van der Waals surface area contributed by atoms with Crippen molar-refractivity contribution in [1.82, 2.24) is 0 Å². The average Bonchev–Trinajstić information content (AvgIpc) is 2.30. The zero-order valence-corrected chi connectivity index (χ0v) is 9.82. The van der Waals surface area contributed by atoms with Crippen LogP contribution in [0.2, 0.25) is 0 Å². The molecule has 0 atom stereocenters. The van der Waals surface area contributed by atoms with Crippen molar-refractivity contribution >= 4 is 33.1 Å². The summed E-state index contributed by atoms with van der Waals surface area (Å²) >= 11 is 3.30. The van der Waals surface area contributed by atoms with Gasteiger partial charge in [0.2, 0.25) is 0 Å². The first-order valence-corrected chi connectivity index (χ1v) is 5.00. The van der Waals surface area contributed by atoms with Crippen molar-refractivity contribution in [3.8, 4) is 0 Å². The molecule has 0 bridgehead atoms. The molecule has 0 aliphatic carbocycles. The fourth-order valence-electron chi connectivity index (χ4n) is 1.04. The van der Waals surface area contributed by atoms with Crippen LogP contribution >= 0.6 is 15.9 Å². The van der Waals surface area contributed by atoms with Gasteiger partial charge in [-0.3, -0.25) is 4.99 Å². The lowest BCUT2D eigenvalue weighted by Gasteiger charge is -2.03. The number of ether oxygens (including phenoxy) is 1. The molecule has 0 unspecified atom stereocenters. The van der Waals surface area contributed by atoms with Crippen molar-refractivity contribution in [1.29, 1.82) is 0 Å². The van der Waals surface area contributed by atoms with Crippen LogP contribution in [0.5, 0.6) is 0 Å². The van der Waals surface area contributed by atoms with Crippen LogP contribution in [0.1, 0.15) is 5.56 Å². The molecule has 15 heavy (non-hydrogen) atoms. The van der Waals surface area contributed by atoms with Crippen LogP contribution in [0, 0.1) is 0 Å². The molecular weight excluding hydrogens is 258 g/mol. The molecule has 0 saturated heterocycles. The molecule has 0 aliphatic heterocycles. The molecule has 0 aliphatic rings. The van der Waals surface area contributed by atoms with E-state index in [0.717, 1.165) is 5.56 Å². The lowest BCUT2D eigenvalue weighted by atomic mass is 10.2. The van der Waals surface area contributed by atoms with Crippen molar-refractivity contribution in [2.75, 3.05) is 7.11 Å². The van der Waals surface area contributed by atoms with E-state index in [2.05, 4.69) is 32.4 Å². The molecule has 0 fully saturated rings. The van der Waals surface area contributed by atoms with Crippen LogP contribution in [0.15, 0.2) is 41.0 Å². The van der Waals surface area contributed by atoms with Crippen molar-refractivity contribution in [3.63, 3.8) is 0 Å². The molecule has 1 aromatic rings. The minimum atomic E-state index is -0.513. The maximum absolute atomic E-state index is 11.3. The Balaban J connectivity index is 3.18. The SMILES string of the molecule is C=N/C(C(=O)OC)=C(\Br)c1ccccc1. The Labute approximate surface area is 96.6 Å². The second-order valence-corrected chi connectivity index (χ2v) is 3.47. The Morgan fingerprint density at radius 2 is 2.00 bits per heavy atom. The van der Waals surface area contributed by atoms with Crippen LogP contribution in [0.25, 0.3) is 4.48 Å². The Morgan fingerprint density at radius 3 is 2.47 bits per heavy atom. The third-order valence-electron chi connectivity index (χ3n) is 1.77. The van der Waals surface area contributed by atoms with Crippen LogP contribution in [0.4, 0.5) is 0 Å². The molecule has 1 aromatic carbocycles. The van der Waals surface area contributed by atoms with Gasteiger partial charge in [0.15, 0.2) is 5.70 Å². The Hall–Kier alpha value is -1.42. The second kappa shape index (κ2) is 5.46. The van der Waals surface area contributed by atoms with E-state index in [9.17, 15) is 4.79 Å². The molecule has 0 spiro atoms. The topological polar surface area (TPSA) is 38.7 Å². The zero-order valence-electron chi connectivity index (χ0n) is 8.24. The Bertz CT molecular complexity index is 398. The number of hydrogen-bond acceptors (Lipinski definition) is 3. The molecule has 0 aromatic heterocycles. The van der Waals surface area contributed by atoms with Crippen LogP contribution in [-0.4, -0.2) is 19.8 Å². The van der Waals surface area contributed by atoms with Gasteiger partial charge in [-0.15, -0.1) is 0 Å². The van der Waals surface area contributed by atoms with Gasteiger partial charge < -0.3 is 4.74 Å². The standard InChI is InChI=1S/C11H10BrNO2/c1-13-10(11(14)15-2)9(12)8-6-4-3-5-7-8/h3-7H,1H2,2H3/b10-9-. The second-order valence-electron chi connectivity index (χ2n) is 2.68. The highest BCUT2D eigenvalue weighted by atomic mass is 79.9. The lowest BCUT2D eigenvalue weighted by molar-refractivity contribution is -0.136. The van der Waals surface area contributed by atoms with Gasteiger partial charge in [0.25, 0.3) is 0 Å². The number of carbonyl (C=O) groups is 1. The van der Waals surface area contributed by atoms with Crippen molar-refractivity contribution in [2.45, 2.75) is 0 Å². The predicted molar refractivity (Wildman–Crippen MR) is 63.9 cm³/mol. The molecular formula is C11H10BrNO2. The summed E-state index contributed by atoms with van der Waals surface area (Å²) in [5, 5.41) is 0. The summed E-state index contributed by atoms with van der Waals surface area (Å²) < 4.78 is 5.16. The van der Waals surface area contributed by atoms with E-state index in [0.29, 0.717) is 4.48 Å². The van der Waals surface area contributed by atoms with Crippen molar-refractivity contribution < 1.29 is 9.53 Å². The summed E-state index contributed by atoms with van der Waals surface area (Å²) in [4.78, 5) is 15.0. The van der Waals surface area contributed by atoms with Gasteiger partial charge in [-0.25, -0.2) is 4.79 Å². The van der Waals surface area contributed by atoms with Gasteiger partial charge in [0.1, 0.15) is 0 Å². The summed E-state index contributed by atoms with van der Waals surface area (Å²) in [7, 11) is 1.30. The van der Waals surface area contributed by atoms with E-state index in [1.54, 1.807) is 0 Å². The van der Waals surface area contributed by atoms with Crippen molar-refractivity contribution in [3.05, 3.63) is 41.6 Å². The summed E-state index contributed by atoms with van der Waals surface area (Å²) in [6.07, 6.45) is 0. The normalized spacial score (nSPS) is 11.6. The highest BCUT2D eigenvalue weighted by Crippen LogP contribution is 2.26. The monoisotopic (exact) mass is 267 g/mol. The first kappa shape index (κ1) is 11.7. The number of nitrogens with zero attached hydrogens (tertiary/aromatic N) is 1. The van der Waals surface area contributed by atoms with Gasteiger partial charge in [-0.2, -0.15) is 0 Å². The third-order valence-corrected chi connectivity index (χ3v) is 2.61. The van der Waals surface area contributed by atoms with Gasteiger partial charge in [0.05, 0.1) is 11.6 Å². The first-order valence-electron chi connectivity index (χ1n) is 4.21. The first-order chi connectivity index (χ1) is 7.20. The van der Waals surface area contributed by atoms with Gasteiger partial charge in [-0.1, -0.05) is 30.3 Å². The van der Waals surface area contributed by atoms with Gasteiger partial charge in [0, 0.05) is 0 Å². The van der Waals surface area contributed by atoms with E-state index in [-0.39, 0.29) is 5.70 Å². The number of esters is 1. The molecule has 0 N–H and O–H groups in total. The van der Waals surface area contributed by atoms with E-state index in [1.807, 2.05) is 30.3 Å². The maximum atomic E-state index is 11.3. The number of halogens is 1. The molecule has 0 saturated carbocycles. The Morgan fingerprint density at radius 1 is 1.40 bits per heavy atom. The number of methoxy groups -OCH3 is 1. The molecule has 0 heterocycles. The average molecular weight is 268 g/mol. The highest BCUT2D eigenvalue weighted by molar-refractivity contribution is 9.15. The lowest BCUT2D eigenvalue weighted by Crippen LogP contribution is -2.03. The Kier molecular flexibility index (Phi) is 4.24. The smallest absolute Gasteiger partial charge is 0.357 e. The highest BCUT2D eigenvalue weighted by Gasteiger charge is 2.13. The number of benzene rings is 1. The number of hydrogen-bond donors (Lipinski definition) is 0. The predicted octanol–water partition coefficient (Wildman–Crippen LogP) is 2.62. The molecule has 0 amide bonds. The summed E-state index contributed by atoms with van der Waals surface area (Å²) in [5.41, 5.74) is 1.02. The van der Waals surface area contributed by atoms with Crippen LogP contribution in [-0.2, 0) is 9.53 Å². The minimum Gasteiger partial charge on any atom is -0.464 e. The minimum absolute atomic E-state index is 0.170. The fourth-order valence-corrected chi connectivity index (χ4v) is 1.59. The van der Waals surface area contributed by atoms with Gasteiger partial charge >= 0.3 is 5.97 Å². The molecule has 1 rings (SSSR count). The fraction of sp³-hybridized carbons (Fsp3) is 0.0909. The van der Waals surface area contributed by atoms with E-state index < -0.39 is 5.97 Å². The number of aliphatic imine (C=N–C) groups is 1. The summed E-state index contributed by atoms with van der Waals surface area (Å²) in [5.74, 6) is -0.513. The largest absolute Gasteiger partial charge is 0.464 e. The quantitative estimate of drug-likeness (QED) is 0.480. The van der Waals surface area contributed by atoms with Gasteiger partial charge in [-0.05, 0) is 28.2 Å². The number of carbonyl (C=O) groups excluding carboxylic acids is 1. The third kappa shape index (κ3) is 2.76. The maximum Gasteiger partial charge on any atom is 0.357 e. The van der Waals surface area contributed by atoms with E-state index >= 15 is 0 Å². The summed E-state index contributed by atoms with van der Waals surface area (Å²) in [6, 6.07) is 9.35. The number of rotatable bonds is 3. The molecule has 78 valence electrons. The van der Waals surface area contributed by atoms with E-state index in [1.165, 1.54) is 7.11 Å². The molecule has 3 nitrogen and oxygen atoms in total. The van der Waals surface area contributed by atoms with Crippen LogP contribution in [0.3, 0.4) is 0 Å². The molecule has 4 heteroatoms. The van der Waals surface area contributed by atoms with E-state index in [4.69, 9.17) is 0 Å². The summed E-state index contributed by atoms with van der Waals surface area (Å²) in [6.45, 7) is 3.34. The van der Waals surface area contributed by atoms with Crippen LogP contribution < -0.4 is 0 Å². The van der Waals surface area contributed by atoms with Crippen molar-refractivity contribution in [2.24, 2.45) is 4.99 Å². The molecule has 0 radical (unpaired) electrons.